The van der Waals surface area contributed by atoms with Crippen molar-refractivity contribution in [1.82, 2.24) is 25.1 Å². The topological polar surface area (TPSA) is 136 Å². The number of nitrogens with zero attached hydrogens (tertiary/aromatic N) is 4. The molecule has 4 aromatic heterocycles. The minimum absolute atomic E-state index is 0.167. The SMILES string of the molecule is COC(=O)c1cc(-c2csc(NC(=O)CCc3nc(-c4cccnc4)no3)n2)c[nH]1. The Labute approximate surface area is 174 Å². The number of aryl methyl sites for hydroxylation is 1. The summed E-state index contributed by atoms with van der Waals surface area (Å²) in [4.78, 5) is 39.3. The number of aromatic nitrogens is 5. The summed E-state index contributed by atoms with van der Waals surface area (Å²) < 4.78 is 9.86. The largest absolute Gasteiger partial charge is 0.464 e. The number of esters is 1. The highest BCUT2D eigenvalue weighted by Crippen LogP contribution is 2.26. The predicted octanol–water partition coefficient (Wildman–Crippen LogP) is 2.94. The molecule has 0 aliphatic rings. The van der Waals surface area contributed by atoms with Crippen molar-refractivity contribution >= 4 is 28.3 Å². The standard InChI is InChI=1S/C19H16N6O4S/c1-28-18(27)13-7-12(9-21-13)14-10-30-19(22-14)23-15(26)4-5-16-24-17(25-29-16)11-3-2-6-20-8-11/h2-3,6-10,21H,4-5H2,1H3,(H,22,23,26). The zero-order chi connectivity index (χ0) is 20.9. The first-order chi connectivity index (χ1) is 14.6. The molecule has 1 amide bonds. The predicted molar refractivity (Wildman–Crippen MR) is 108 cm³/mol. The Kier molecular flexibility index (Phi) is 5.61. The number of hydrogen-bond acceptors (Lipinski definition) is 9. The molecule has 0 radical (unpaired) electrons. The zero-order valence-electron chi connectivity index (χ0n) is 15.8. The Bertz CT molecular complexity index is 1170. The molecular weight excluding hydrogens is 408 g/mol. The molecule has 0 saturated carbocycles. The minimum Gasteiger partial charge on any atom is -0.464 e. The third-order valence-corrected chi connectivity index (χ3v) is 4.85. The van der Waals surface area contributed by atoms with Crippen molar-refractivity contribution in [2.24, 2.45) is 0 Å². The van der Waals surface area contributed by atoms with Crippen molar-refractivity contribution in [1.29, 1.82) is 0 Å². The summed E-state index contributed by atoms with van der Waals surface area (Å²) in [5.41, 5.74) is 2.43. The van der Waals surface area contributed by atoms with Crippen molar-refractivity contribution in [3.8, 4) is 22.6 Å². The number of aromatic amines is 1. The van der Waals surface area contributed by atoms with E-state index in [9.17, 15) is 9.59 Å². The quantitative estimate of drug-likeness (QED) is 0.432. The Morgan fingerprint density at radius 1 is 1.30 bits per heavy atom. The maximum atomic E-state index is 12.2. The lowest BCUT2D eigenvalue weighted by Gasteiger charge is -1.99. The molecule has 10 nitrogen and oxygen atoms in total. The summed E-state index contributed by atoms with van der Waals surface area (Å²) in [7, 11) is 1.31. The van der Waals surface area contributed by atoms with E-state index in [-0.39, 0.29) is 12.3 Å². The third-order valence-electron chi connectivity index (χ3n) is 4.09. The molecule has 0 aromatic carbocycles. The number of hydrogen-bond donors (Lipinski definition) is 2. The van der Waals surface area contributed by atoms with Crippen LogP contribution in [-0.4, -0.2) is 44.1 Å². The fourth-order valence-electron chi connectivity index (χ4n) is 2.60. The Balaban J connectivity index is 1.32. The zero-order valence-corrected chi connectivity index (χ0v) is 16.6. The number of rotatable bonds is 7. The highest BCUT2D eigenvalue weighted by Gasteiger charge is 2.14. The van der Waals surface area contributed by atoms with Gasteiger partial charge < -0.3 is 19.6 Å². The second kappa shape index (κ2) is 8.66. The highest BCUT2D eigenvalue weighted by atomic mass is 32.1. The number of methoxy groups -OCH3 is 1. The number of ether oxygens (including phenoxy) is 1. The molecule has 0 unspecified atom stereocenters. The molecule has 4 aromatic rings. The summed E-state index contributed by atoms with van der Waals surface area (Å²) in [6.07, 6.45) is 5.42. The van der Waals surface area contributed by atoms with Gasteiger partial charge >= 0.3 is 5.97 Å². The molecule has 0 spiro atoms. The summed E-state index contributed by atoms with van der Waals surface area (Å²) in [6.45, 7) is 0. The minimum atomic E-state index is -0.460. The van der Waals surface area contributed by atoms with Gasteiger partial charge in [-0.3, -0.25) is 9.78 Å². The summed E-state index contributed by atoms with van der Waals surface area (Å²) >= 11 is 1.29. The summed E-state index contributed by atoms with van der Waals surface area (Å²) in [5.74, 6) is 0.117. The van der Waals surface area contributed by atoms with Gasteiger partial charge in [0.15, 0.2) is 5.13 Å². The fourth-order valence-corrected chi connectivity index (χ4v) is 3.34. The fraction of sp³-hybridized carbons (Fsp3) is 0.158. The maximum absolute atomic E-state index is 12.2. The monoisotopic (exact) mass is 424 g/mol. The van der Waals surface area contributed by atoms with Crippen molar-refractivity contribution in [2.75, 3.05) is 12.4 Å². The number of carbonyl (C=O) groups is 2. The van der Waals surface area contributed by atoms with Crippen LogP contribution in [0.25, 0.3) is 22.6 Å². The average molecular weight is 424 g/mol. The van der Waals surface area contributed by atoms with E-state index in [1.54, 1.807) is 36.1 Å². The number of H-pyrrole nitrogens is 1. The number of anilines is 1. The molecule has 30 heavy (non-hydrogen) atoms. The smallest absolute Gasteiger partial charge is 0.354 e. The van der Waals surface area contributed by atoms with E-state index in [1.807, 2.05) is 6.07 Å². The van der Waals surface area contributed by atoms with Gasteiger partial charge in [0.2, 0.25) is 17.6 Å². The Morgan fingerprint density at radius 3 is 3.00 bits per heavy atom. The van der Waals surface area contributed by atoms with Gasteiger partial charge in [0.25, 0.3) is 0 Å². The molecule has 0 aliphatic heterocycles. The first-order valence-corrected chi connectivity index (χ1v) is 9.76. The molecular formula is C19H16N6O4S. The van der Waals surface area contributed by atoms with Crippen molar-refractivity contribution < 1.29 is 18.8 Å². The van der Waals surface area contributed by atoms with E-state index < -0.39 is 5.97 Å². The van der Waals surface area contributed by atoms with Crippen LogP contribution < -0.4 is 5.32 Å². The molecule has 0 atom stereocenters. The molecule has 2 N–H and O–H groups in total. The van der Waals surface area contributed by atoms with Gasteiger partial charge in [0, 0.05) is 47.9 Å². The van der Waals surface area contributed by atoms with E-state index in [2.05, 4.69) is 35.1 Å². The average Bonchev–Trinajstić information content (AvgIpc) is 3.52. The number of amides is 1. The molecule has 0 bridgehead atoms. The normalized spacial score (nSPS) is 10.7. The van der Waals surface area contributed by atoms with Crippen molar-refractivity contribution in [2.45, 2.75) is 12.8 Å². The molecule has 4 rings (SSSR count). The number of thiazole rings is 1. The molecule has 0 fully saturated rings. The molecule has 152 valence electrons. The van der Waals surface area contributed by atoms with Gasteiger partial charge in [-0.05, 0) is 18.2 Å². The van der Waals surface area contributed by atoms with Gasteiger partial charge in [-0.25, -0.2) is 9.78 Å². The van der Waals surface area contributed by atoms with Gasteiger partial charge in [-0.15, -0.1) is 11.3 Å². The van der Waals surface area contributed by atoms with Crippen LogP contribution in [0, 0.1) is 0 Å². The summed E-state index contributed by atoms with van der Waals surface area (Å²) in [5, 5.41) is 8.90. The van der Waals surface area contributed by atoms with E-state index >= 15 is 0 Å². The second-order valence-electron chi connectivity index (χ2n) is 6.13. The van der Waals surface area contributed by atoms with Crippen LogP contribution in [-0.2, 0) is 16.0 Å². The first kappa shape index (κ1) is 19.5. The maximum Gasteiger partial charge on any atom is 0.354 e. The number of carbonyl (C=O) groups excluding carboxylic acids is 2. The highest BCUT2D eigenvalue weighted by molar-refractivity contribution is 7.14. The lowest BCUT2D eigenvalue weighted by atomic mass is 10.2. The molecule has 11 heteroatoms. The van der Waals surface area contributed by atoms with Crippen molar-refractivity contribution in [3.05, 3.63) is 53.8 Å². The lowest BCUT2D eigenvalue weighted by molar-refractivity contribution is -0.116. The number of pyridine rings is 1. The third kappa shape index (κ3) is 4.41. The lowest BCUT2D eigenvalue weighted by Crippen LogP contribution is -2.12. The van der Waals surface area contributed by atoms with Crippen LogP contribution in [0.15, 0.2) is 46.7 Å². The Morgan fingerprint density at radius 2 is 2.20 bits per heavy atom. The van der Waals surface area contributed by atoms with E-state index in [4.69, 9.17) is 4.52 Å². The van der Waals surface area contributed by atoms with Gasteiger partial charge in [0.05, 0.1) is 12.8 Å². The Hall–Kier alpha value is -3.86. The van der Waals surface area contributed by atoms with Gasteiger partial charge in [-0.2, -0.15) is 4.98 Å². The van der Waals surface area contributed by atoms with E-state index in [1.165, 1.54) is 18.4 Å². The second-order valence-corrected chi connectivity index (χ2v) is 6.99. The van der Waals surface area contributed by atoms with Crippen LogP contribution in [0.2, 0.25) is 0 Å². The molecule has 0 saturated heterocycles. The van der Waals surface area contributed by atoms with Gasteiger partial charge in [-0.1, -0.05) is 5.16 Å². The summed E-state index contributed by atoms with van der Waals surface area (Å²) in [6, 6.07) is 5.25. The first-order valence-electron chi connectivity index (χ1n) is 8.88. The van der Waals surface area contributed by atoms with Gasteiger partial charge in [0.1, 0.15) is 5.69 Å². The van der Waals surface area contributed by atoms with Crippen LogP contribution in [0.5, 0.6) is 0 Å². The van der Waals surface area contributed by atoms with Crippen LogP contribution in [0.1, 0.15) is 22.8 Å². The van der Waals surface area contributed by atoms with E-state index in [0.29, 0.717) is 34.7 Å². The van der Waals surface area contributed by atoms with Crippen LogP contribution in [0.3, 0.4) is 0 Å². The van der Waals surface area contributed by atoms with Crippen LogP contribution >= 0.6 is 11.3 Å². The molecule has 0 aliphatic carbocycles. The van der Waals surface area contributed by atoms with Crippen LogP contribution in [0.4, 0.5) is 5.13 Å². The van der Waals surface area contributed by atoms with E-state index in [0.717, 1.165) is 11.1 Å². The van der Waals surface area contributed by atoms with Crippen molar-refractivity contribution in [3.63, 3.8) is 0 Å². The number of nitrogens with one attached hydrogen (secondary N) is 2. The molecule has 4 heterocycles.